The van der Waals surface area contributed by atoms with E-state index in [1.807, 2.05) is 0 Å². The fourth-order valence-corrected chi connectivity index (χ4v) is 9.51. The fraction of sp³-hybridized carbons (Fsp3) is 0.833. The van der Waals surface area contributed by atoms with E-state index in [0.717, 1.165) is 30.6 Å². The van der Waals surface area contributed by atoms with Crippen molar-refractivity contribution in [3.63, 3.8) is 0 Å². The van der Waals surface area contributed by atoms with E-state index < -0.39 is 0 Å². The molecule has 0 radical (unpaired) electrons. The normalized spacial score (nSPS) is 16.8. The molecule has 1 aromatic carbocycles. The van der Waals surface area contributed by atoms with Crippen molar-refractivity contribution < 1.29 is 9.84 Å². The molecule has 1 unspecified atom stereocenters. The number of unbranched alkanes of at least 4 members (excludes halogenated alkanes) is 18. The molecular weight excluding hydrogens is 592 g/mol. The summed E-state index contributed by atoms with van der Waals surface area (Å²) in [5, 5.41) is 11.1. The minimum atomic E-state index is -0.375. The Bertz CT molecular complexity index is 789. The van der Waals surface area contributed by atoms with Crippen molar-refractivity contribution in [2.75, 3.05) is 0 Å². The van der Waals surface area contributed by atoms with Crippen LogP contribution in [0.3, 0.4) is 0 Å². The van der Waals surface area contributed by atoms with Crippen molar-refractivity contribution in [2.24, 2.45) is 0 Å². The number of benzene rings is 1. The second-order valence-electron chi connectivity index (χ2n) is 12.7. The Labute approximate surface area is 253 Å². The van der Waals surface area contributed by atoms with Crippen molar-refractivity contribution in [2.45, 2.75) is 192 Å². The van der Waals surface area contributed by atoms with E-state index in [0.29, 0.717) is 5.75 Å². The Morgan fingerprint density at radius 1 is 0.667 bits per heavy atom. The van der Waals surface area contributed by atoms with Gasteiger partial charge >= 0.3 is 197 Å². The van der Waals surface area contributed by atoms with Crippen LogP contribution in [0.2, 0.25) is 4.47 Å². The molecule has 0 fully saturated rings. The van der Waals surface area contributed by atoms with Crippen molar-refractivity contribution >= 4 is 24.5 Å². The number of rotatable bonds is 23. The van der Waals surface area contributed by atoms with Gasteiger partial charge in [0.15, 0.2) is 0 Å². The van der Waals surface area contributed by atoms with Gasteiger partial charge in [-0.05, 0) is 0 Å². The third-order valence-corrected chi connectivity index (χ3v) is 12.7. The second kappa shape index (κ2) is 20.5. The third-order valence-electron chi connectivity index (χ3n) is 9.03. The first-order valence-electron chi connectivity index (χ1n) is 17.1. The topological polar surface area (TPSA) is 29.5 Å². The van der Waals surface area contributed by atoms with Crippen molar-refractivity contribution in [3.05, 3.63) is 16.7 Å². The summed E-state index contributed by atoms with van der Waals surface area (Å²) < 4.78 is 9.38. The van der Waals surface area contributed by atoms with Gasteiger partial charge in [-0.1, -0.05) is 58.3 Å². The van der Waals surface area contributed by atoms with E-state index in [1.54, 1.807) is 0 Å². The molecule has 39 heavy (non-hydrogen) atoms. The molecule has 0 aliphatic carbocycles. The van der Waals surface area contributed by atoms with Crippen LogP contribution in [0.1, 0.15) is 179 Å². The van der Waals surface area contributed by atoms with Crippen LogP contribution in [0, 0.1) is 13.8 Å². The number of ether oxygens (including phenoxy) is 1. The van der Waals surface area contributed by atoms with Gasteiger partial charge in [-0.3, -0.25) is 0 Å². The summed E-state index contributed by atoms with van der Waals surface area (Å²) in [7, 11) is 0. The van der Waals surface area contributed by atoms with E-state index in [4.69, 9.17) is 4.74 Å². The van der Waals surface area contributed by atoms with Crippen LogP contribution in [-0.2, 0) is 6.42 Å². The molecule has 3 heteroatoms. The molecule has 0 saturated carbocycles. The van der Waals surface area contributed by atoms with Crippen molar-refractivity contribution in [1.29, 1.82) is 0 Å². The standard InChI is InChI=1S/C36H64O2Te/c1-6-8-10-12-14-15-16-17-18-19-20-21-22-24-27-36(5)28-26-32-30(3)33(37)35(31(4)34(32)38-36)39-29-25-23-13-11-9-7-2/h37H,6-29H2,1-5H3. The molecule has 1 N–H and O–H groups in total. The zero-order valence-electron chi connectivity index (χ0n) is 26.7. The summed E-state index contributed by atoms with van der Waals surface area (Å²) in [6.45, 7) is 11.3. The van der Waals surface area contributed by atoms with E-state index in [1.165, 1.54) is 148 Å². The zero-order chi connectivity index (χ0) is 28.3. The van der Waals surface area contributed by atoms with E-state index in [-0.39, 0.29) is 26.5 Å². The van der Waals surface area contributed by atoms with Gasteiger partial charge in [0, 0.05) is 0 Å². The molecule has 0 bridgehead atoms. The molecule has 1 atom stereocenters. The summed E-state index contributed by atoms with van der Waals surface area (Å²) >= 11 is -0.375. The van der Waals surface area contributed by atoms with Crippen LogP contribution in [0.15, 0.2) is 0 Å². The second-order valence-corrected chi connectivity index (χ2v) is 15.9. The summed E-state index contributed by atoms with van der Waals surface area (Å²) in [6, 6.07) is 0. The Hall–Kier alpha value is -0.390. The monoisotopic (exact) mass is 658 g/mol. The third kappa shape index (κ3) is 13.0. The van der Waals surface area contributed by atoms with Crippen LogP contribution in [0.5, 0.6) is 11.5 Å². The van der Waals surface area contributed by atoms with Crippen LogP contribution >= 0.6 is 0 Å². The molecule has 226 valence electrons. The predicted molar refractivity (Wildman–Crippen MR) is 173 cm³/mol. The number of phenols is 1. The predicted octanol–water partition coefficient (Wildman–Crippen LogP) is 11.1. The van der Waals surface area contributed by atoms with Gasteiger partial charge in [-0.15, -0.1) is 0 Å². The Kier molecular flexibility index (Phi) is 18.3. The Morgan fingerprint density at radius 3 is 1.64 bits per heavy atom. The number of hydrogen-bond donors (Lipinski definition) is 1. The maximum atomic E-state index is 11.1. The molecule has 2 nitrogen and oxygen atoms in total. The summed E-state index contributed by atoms with van der Waals surface area (Å²) in [5.41, 5.74) is 3.58. The quantitative estimate of drug-likeness (QED) is 0.0939. The molecule has 1 heterocycles. The SMILES string of the molecule is CCCCCCCCCCCCCCCCC1(C)CCc2c(C)c(O)c([Te]CCCCCCCC)c(C)c2O1. The molecule has 1 aromatic rings. The zero-order valence-corrected chi connectivity index (χ0v) is 29.1. The molecule has 2 rings (SSSR count). The maximum absolute atomic E-state index is 11.1. The fourth-order valence-electron chi connectivity index (χ4n) is 6.22. The minimum absolute atomic E-state index is 0.0462. The summed E-state index contributed by atoms with van der Waals surface area (Å²) in [5.74, 6) is 1.73. The van der Waals surface area contributed by atoms with Gasteiger partial charge in [0.2, 0.25) is 0 Å². The average Bonchev–Trinajstić information content (AvgIpc) is 2.93. The number of aromatic hydroxyl groups is 1. The van der Waals surface area contributed by atoms with Crippen molar-refractivity contribution in [1.82, 2.24) is 0 Å². The van der Waals surface area contributed by atoms with E-state index in [9.17, 15) is 5.11 Å². The van der Waals surface area contributed by atoms with E-state index in [2.05, 4.69) is 34.6 Å². The first-order chi connectivity index (χ1) is 18.9. The number of phenolic OH excluding ortho intramolecular Hbond substituents is 1. The first kappa shape index (κ1) is 34.8. The molecule has 0 spiro atoms. The summed E-state index contributed by atoms with van der Waals surface area (Å²) in [6.07, 6.45) is 31.1. The van der Waals surface area contributed by atoms with E-state index >= 15 is 0 Å². The average molecular weight is 657 g/mol. The van der Waals surface area contributed by atoms with Gasteiger partial charge < -0.3 is 0 Å². The number of fused-ring (bicyclic) bond motifs is 1. The Morgan fingerprint density at radius 2 is 1.13 bits per heavy atom. The Balaban J connectivity index is 1.68. The van der Waals surface area contributed by atoms with Crippen LogP contribution < -0.4 is 8.35 Å². The van der Waals surface area contributed by atoms with Crippen molar-refractivity contribution in [3.8, 4) is 11.5 Å². The summed E-state index contributed by atoms with van der Waals surface area (Å²) in [4.78, 5) is 0. The van der Waals surface area contributed by atoms with Crippen LogP contribution in [0.25, 0.3) is 0 Å². The van der Waals surface area contributed by atoms with Gasteiger partial charge in [-0.25, -0.2) is 0 Å². The number of hydrogen-bond acceptors (Lipinski definition) is 2. The van der Waals surface area contributed by atoms with Crippen LogP contribution in [0.4, 0.5) is 0 Å². The van der Waals surface area contributed by atoms with Gasteiger partial charge in [-0.2, -0.15) is 0 Å². The molecule has 0 amide bonds. The first-order valence-corrected chi connectivity index (χ1v) is 19.9. The molecule has 1 aliphatic heterocycles. The molecule has 1 aliphatic rings. The molecular formula is C36H64O2Te. The van der Waals surface area contributed by atoms with Gasteiger partial charge in [0.1, 0.15) is 0 Å². The van der Waals surface area contributed by atoms with Gasteiger partial charge in [0.25, 0.3) is 0 Å². The van der Waals surface area contributed by atoms with Crippen LogP contribution in [-0.4, -0.2) is 31.6 Å². The van der Waals surface area contributed by atoms with Gasteiger partial charge in [0.05, 0.1) is 0 Å². The molecule has 0 aromatic heterocycles. The molecule has 0 saturated heterocycles.